The topological polar surface area (TPSA) is 20.2 Å². The van der Waals surface area contributed by atoms with E-state index in [1.54, 1.807) is 11.3 Å². The molecular formula is C17H22OS. The molecule has 0 amide bonds. The Bertz CT molecular complexity index is 515. The molecule has 1 N–H and O–H groups in total. The van der Waals surface area contributed by atoms with Gasteiger partial charge in [0.15, 0.2) is 0 Å². The lowest BCUT2D eigenvalue weighted by atomic mass is 9.85. The molecule has 0 aliphatic carbocycles. The summed E-state index contributed by atoms with van der Waals surface area (Å²) in [6.45, 7) is 8.52. The summed E-state index contributed by atoms with van der Waals surface area (Å²) in [6.07, 6.45) is 0.651. The van der Waals surface area contributed by atoms with E-state index in [0.29, 0.717) is 6.42 Å². The Morgan fingerprint density at radius 2 is 1.63 bits per heavy atom. The third-order valence-corrected chi connectivity index (χ3v) is 4.54. The lowest BCUT2D eigenvalue weighted by molar-refractivity contribution is 0.0615. The SMILES string of the molecule is CC(C)(C)c1ccc(CC(C)(O)c2cccs2)cc1. The molecule has 0 aliphatic heterocycles. The first-order valence-corrected chi connectivity index (χ1v) is 7.53. The molecule has 1 unspecified atom stereocenters. The van der Waals surface area contributed by atoms with Crippen molar-refractivity contribution >= 4 is 11.3 Å². The van der Waals surface area contributed by atoms with Gasteiger partial charge in [0.25, 0.3) is 0 Å². The summed E-state index contributed by atoms with van der Waals surface area (Å²) in [5.74, 6) is 0. The van der Waals surface area contributed by atoms with Crippen molar-refractivity contribution in [1.82, 2.24) is 0 Å². The molecule has 2 aromatic rings. The van der Waals surface area contributed by atoms with Crippen LogP contribution in [0.5, 0.6) is 0 Å². The summed E-state index contributed by atoms with van der Waals surface area (Å²) < 4.78 is 0. The van der Waals surface area contributed by atoms with Gasteiger partial charge in [-0.05, 0) is 34.9 Å². The summed E-state index contributed by atoms with van der Waals surface area (Å²) in [7, 11) is 0. The highest BCUT2D eigenvalue weighted by Gasteiger charge is 2.24. The van der Waals surface area contributed by atoms with E-state index in [-0.39, 0.29) is 5.41 Å². The van der Waals surface area contributed by atoms with Gasteiger partial charge < -0.3 is 5.11 Å². The molecular weight excluding hydrogens is 252 g/mol. The van der Waals surface area contributed by atoms with Crippen molar-refractivity contribution < 1.29 is 5.11 Å². The fourth-order valence-electron chi connectivity index (χ4n) is 2.19. The maximum atomic E-state index is 10.6. The third-order valence-electron chi connectivity index (χ3n) is 3.42. The Morgan fingerprint density at radius 1 is 1.00 bits per heavy atom. The van der Waals surface area contributed by atoms with E-state index in [0.717, 1.165) is 4.88 Å². The fourth-order valence-corrected chi connectivity index (χ4v) is 2.98. The molecule has 19 heavy (non-hydrogen) atoms. The van der Waals surface area contributed by atoms with Crippen molar-refractivity contribution in [3.8, 4) is 0 Å². The van der Waals surface area contributed by atoms with Crippen LogP contribution in [0, 0.1) is 0 Å². The Labute approximate surface area is 119 Å². The van der Waals surface area contributed by atoms with E-state index in [2.05, 4.69) is 45.0 Å². The quantitative estimate of drug-likeness (QED) is 0.874. The minimum Gasteiger partial charge on any atom is -0.384 e. The van der Waals surface area contributed by atoms with Crippen LogP contribution in [0.25, 0.3) is 0 Å². The Kier molecular flexibility index (Phi) is 3.84. The maximum Gasteiger partial charge on any atom is 0.0999 e. The van der Waals surface area contributed by atoms with Crippen molar-refractivity contribution in [2.75, 3.05) is 0 Å². The van der Waals surface area contributed by atoms with Crippen molar-refractivity contribution in [3.63, 3.8) is 0 Å². The first-order chi connectivity index (χ1) is 8.79. The largest absolute Gasteiger partial charge is 0.384 e. The van der Waals surface area contributed by atoms with Gasteiger partial charge in [0.05, 0.1) is 5.60 Å². The smallest absolute Gasteiger partial charge is 0.0999 e. The third kappa shape index (κ3) is 3.46. The number of benzene rings is 1. The van der Waals surface area contributed by atoms with E-state index < -0.39 is 5.60 Å². The van der Waals surface area contributed by atoms with Crippen LogP contribution in [0.2, 0.25) is 0 Å². The van der Waals surface area contributed by atoms with E-state index in [4.69, 9.17) is 0 Å². The summed E-state index contributed by atoms with van der Waals surface area (Å²) in [4.78, 5) is 1.02. The monoisotopic (exact) mass is 274 g/mol. The summed E-state index contributed by atoms with van der Waals surface area (Å²) >= 11 is 1.61. The molecule has 0 spiro atoms. The average molecular weight is 274 g/mol. The number of thiophene rings is 1. The molecule has 0 radical (unpaired) electrons. The number of hydrogen-bond donors (Lipinski definition) is 1. The molecule has 102 valence electrons. The molecule has 0 saturated carbocycles. The Hall–Kier alpha value is -1.12. The maximum absolute atomic E-state index is 10.6. The molecule has 1 aromatic carbocycles. The second-order valence-electron chi connectivity index (χ2n) is 6.37. The van der Waals surface area contributed by atoms with Crippen molar-refractivity contribution in [3.05, 3.63) is 57.8 Å². The van der Waals surface area contributed by atoms with Gasteiger partial charge in [0.1, 0.15) is 0 Å². The molecule has 0 fully saturated rings. The highest BCUT2D eigenvalue weighted by atomic mass is 32.1. The molecule has 1 atom stereocenters. The minimum atomic E-state index is -0.780. The molecule has 1 nitrogen and oxygen atoms in total. The lowest BCUT2D eigenvalue weighted by Gasteiger charge is -2.23. The molecule has 2 rings (SSSR count). The van der Waals surface area contributed by atoms with Crippen molar-refractivity contribution in [2.24, 2.45) is 0 Å². The normalized spacial score (nSPS) is 15.2. The van der Waals surface area contributed by atoms with E-state index >= 15 is 0 Å². The van der Waals surface area contributed by atoms with Crippen LogP contribution in [0.4, 0.5) is 0 Å². The van der Waals surface area contributed by atoms with Gasteiger partial charge in [0.2, 0.25) is 0 Å². The molecule has 1 heterocycles. The first-order valence-electron chi connectivity index (χ1n) is 6.65. The summed E-state index contributed by atoms with van der Waals surface area (Å²) in [6, 6.07) is 12.6. The van der Waals surface area contributed by atoms with Gasteiger partial charge in [0, 0.05) is 11.3 Å². The number of rotatable bonds is 3. The zero-order valence-corrected chi connectivity index (χ0v) is 12.9. The zero-order chi connectivity index (χ0) is 14.1. The highest BCUT2D eigenvalue weighted by molar-refractivity contribution is 7.10. The van der Waals surface area contributed by atoms with E-state index in [9.17, 15) is 5.11 Å². The van der Waals surface area contributed by atoms with Gasteiger partial charge in [-0.1, -0.05) is 51.1 Å². The Morgan fingerprint density at radius 3 is 2.11 bits per heavy atom. The van der Waals surface area contributed by atoms with Crippen LogP contribution in [-0.4, -0.2) is 5.11 Å². The first kappa shape index (κ1) is 14.3. The van der Waals surface area contributed by atoms with Crippen LogP contribution in [0.1, 0.15) is 43.7 Å². The Balaban J connectivity index is 2.16. The highest BCUT2D eigenvalue weighted by Crippen LogP contribution is 2.30. The van der Waals surface area contributed by atoms with Gasteiger partial charge >= 0.3 is 0 Å². The van der Waals surface area contributed by atoms with Gasteiger partial charge in [-0.15, -0.1) is 11.3 Å². The minimum absolute atomic E-state index is 0.175. The molecule has 0 aliphatic rings. The fraction of sp³-hybridized carbons (Fsp3) is 0.412. The van der Waals surface area contributed by atoms with E-state index in [1.165, 1.54) is 11.1 Å². The molecule has 0 bridgehead atoms. The van der Waals surface area contributed by atoms with Crippen LogP contribution in [0.3, 0.4) is 0 Å². The second-order valence-corrected chi connectivity index (χ2v) is 7.32. The van der Waals surface area contributed by atoms with Crippen molar-refractivity contribution in [1.29, 1.82) is 0 Å². The summed E-state index contributed by atoms with van der Waals surface area (Å²) in [5.41, 5.74) is 1.89. The molecule has 2 heteroatoms. The van der Waals surface area contributed by atoms with Crippen LogP contribution in [0.15, 0.2) is 41.8 Å². The van der Waals surface area contributed by atoms with Gasteiger partial charge in [-0.3, -0.25) is 0 Å². The van der Waals surface area contributed by atoms with Crippen LogP contribution in [-0.2, 0) is 17.4 Å². The number of hydrogen-bond acceptors (Lipinski definition) is 2. The second kappa shape index (κ2) is 5.10. The van der Waals surface area contributed by atoms with Crippen LogP contribution >= 0.6 is 11.3 Å². The van der Waals surface area contributed by atoms with Gasteiger partial charge in [-0.2, -0.15) is 0 Å². The number of aliphatic hydroxyl groups is 1. The average Bonchev–Trinajstić information content (AvgIpc) is 2.82. The predicted molar refractivity (Wildman–Crippen MR) is 82.7 cm³/mol. The van der Waals surface area contributed by atoms with Crippen molar-refractivity contribution in [2.45, 2.75) is 45.1 Å². The van der Waals surface area contributed by atoms with Gasteiger partial charge in [-0.25, -0.2) is 0 Å². The summed E-state index contributed by atoms with van der Waals surface area (Å²) in [5, 5.41) is 12.6. The van der Waals surface area contributed by atoms with Crippen LogP contribution < -0.4 is 0 Å². The lowest BCUT2D eigenvalue weighted by Crippen LogP contribution is -2.23. The zero-order valence-electron chi connectivity index (χ0n) is 12.1. The predicted octanol–water partition coefficient (Wildman–Crippen LogP) is 4.50. The molecule has 1 aromatic heterocycles. The van der Waals surface area contributed by atoms with E-state index in [1.807, 2.05) is 24.4 Å². The molecule has 0 saturated heterocycles. The standard InChI is InChI=1S/C17H22OS/c1-16(2,3)14-9-7-13(8-10-14)12-17(4,18)15-6-5-11-19-15/h5-11,18H,12H2,1-4H3.